The lowest BCUT2D eigenvalue weighted by molar-refractivity contribution is -0.137. The van der Waals surface area contributed by atoms with E-state index in [9.17, 15) is 13.2 Å². The second-order valence-corrected chi connectivity index (χ2v) is 6.60. The summed E-state index contributed by atoms with van der Waals surface area (Å²) < 4.78 is 49.3. The van der Waals surface area contributed by atoms with Crippen molar-refractivity contribution in [2.45, 2.75) is 19.7 Å². The van der Waals surface area contributed by atoms with Gasteiger partial charge in [-0.1, -0.05) is 35.9 Å². The molecule has 0 saturated carbocycles. The van der Waals surface area contributed by atoms with Crippen LogP contribution in [-0.4, -0.2) is 13.3 Å². The van der Waals surface area contributed by atoms with E-state index in [1.807, 2.05) is 37.3 Å². The van der Waals surface area contributed by atoms with E-state index in [-0.39, 0.29) is 0 Å². The van der Waals surface area contributed by atoms with Gasteiger partial charge in [-0.25, -0.2) is 0 Å². The first-order chi connectivity index (χ1) is 14.4. The minimum Gasteiger partial charge on any atom is -0.493 e. The molecule has 4 nitrogen and oxygen atoms in total. The number of rotatable bonds is 7. The van der Waals surface area contributed by atoms with Gasteiger partial charge in [0.1, 0.15) is 6.61 Å². The predicted octanol–water partition coefficient (Wildman–Crippen LogP) is 6.05. The Hall–Kier alpha value is -3.48. The van der Waals surface area contributed by atoms with E-state index >= 15 is 0 Å². The average molecular weight is 414 g/mol. The third-order valence-electron chi connectivity index (χ3n) is 4.30. The van der Waals surface area contributed by atoms with Gasteiger partial charge in [-0.05, 0) is 48.9 Å². The number of alkyl halides is 3. The number of anilines is 1. The molecule has 0 bridgehead atoms. The third kappa shape index (κ3) is 5.53. The zero-order chi connectivity index (χ0) is 21.6. The fourth-order valence-corrected chi connectivity index (χ4v) is 2.82. The van der Waals surface area contributed by atoms with E-state index in [0.717, 1.165) is 23.3 Å². The number of nitrogens with zero attached hydrogens (tertiary/aromatic N) is 1. The Bertz CT molecular complexity index is 1020. The predicted molar refractivity (Wildman–Crippen MR) is 111 cm³/mol. The van der Waals surface area contributed by atoms with E-state index in [1.54, 1.807) is 19.2 Å². The Morgan fingerprint density at radius 3 is 2.40 bits per heavy atom. The highest BCUT2D eigenvalue weighted by atomic mass is 19.4. The smallest absolute Gasteiger partial charge is 0.416 e. The summed E-state index contributed by atoms with van der Waals surface area (Å²) in [6.45, 7) is 2.37. The molecule has 0 aromatic heterocycles. The maximum absolute atomic E-state index is 12.7. The number of halogens is 3. The van der Waals surface area contributed by atoms with Crippen LogP contribution in [0.25, 0.3) is 0 Å². The van der Waals surface area contributed by atoms with Crippen molar-refractivity contribution in [3.63, 3.8) is 0 Å². The van der Waals surface area contributed by atoms with E-state index in [0.29, 0.717) is 29.4 Å². The van der Waals surface area contributed by atoms with E-state index in [2.05, 4.69) is 10.5 Å². The van der Waals surface area contributed by atoms with E-state index in [1.165, 1.54) is 18.3 Å². The minimum absolute atomic E-state index is 0.356. The second kappa shape index (κ2) is 9.35. The standard InChI is InChI=1S/C23H21F3N2O2/c1-16-5-3-6-17(13-16)15-30-22-18(7-4-8-21(22)29-2)14-27-28-20-11-9-19(10-12-20)23(24,25)26/h3-14,28H,15H2,1-2H3. The first kappa shape index (κ1) is 21.2. The van der Waals surface area contributed by atoms with Gasteiger partial charge in [0.2, 0.25) is 0 Å². The Kier molecular flexibility index (Phi) is 6.61. The van der Waals surface area contributed by atoms with Gasteiger partial charge >= 0.3 is 6.18 Å². The van der Waals surface area contributed by atoms with Gasteiger partial charge in [0.05, 0.1) is 24.6 Å². The number of ether oxygens (including phenoxy) is 2. The molecule has 30 heavy (non-hydrogen) atoms. The summed E-state index contributed by atoms with van der Waals surface area (Å²) in [5.74, 6) is 1.08. The van der Waals surface area contributed by atoms with Crippen LogP contribution in [0, 0.1) is 6.92 Å². The van der Waals surface area contributed by atoms with Crippen LogP contribution in [0.4, 0.5) is 18.9 Å². The summed E-state index contributed by atoms with van der Waals surface area (Å²) in [6.07, 6.45) is -2.84. The number of benzene rings is 3. The van der Waals surface area contributed by atoms with Crippen LogP contribution in [0.15, 0.2) is 71.8 Å². The van der Waals surface area contributed by atoms with Crippen molar-refractivity contribution in [1.29, 1.82) is 0 Å². The molecule has 0 radical (unpaired) electrons. The fourth-order valence-electron chi connectivity index (χ4n) is 2.82. The SMILES string of the molecule is COc1cccc(C=NNc2ccc(C(F)(F)F)cc2)c1OCc1cccc(C)c1. The zero-order valence-corrected chi connectivity index (χ0v) is 16.5. The molecular weight excluding hydrogens is 393 g/mol. The molecule has 1 N–H and O–H groups in total. The molecule has 0 saturated heterocycles. The highest BCUT2D eigenvalue weighted by Crippen LogP contribution is 2.31. The summed E-state index contributed by atoms with van der Waals surface area (Å²) in [6, 6.07) is 18.0. The number of hydrazone groups is 1. The molecule has 3 rings (SSSR count). The number of hydrogen-bond donors (Lipinski definition) is 1. The number of aryl methyl sites for hydroxylation is 1. The lowest BCUT2D eigenvalue weighted by Crippen LogP contribution is -2.04. The molecule has 3 aromatic carbocycles. The Morgan fingerprint density at radius 1 is 1.00 bits per heavy atom. The Balaban J connectivity index is 1.73. The lowest BCUT2D eigenvalue weighted by Gasteiger charge is -2.13. The molecular formula is C23H21F3N2O2. The third-order valence-corrected chi connectivity index (χ3v) is 4.30. The van der Waals surface area contributed by atoms with Gasteiger partial charge in [-0.15, -0.1) is 0 Å². The van der Waals surface area contributed by atoms with Gasteiger partial charge in [-0.2, -0.15) is 18.3 Å². The molecule has 156 valence electrons. The highest BCUT2D eigenvalue weighted by molar-refractivity contribution is 5.85. The molecule has 0 amide bonds. The minimum atomic E-state index is -4.37. The average Bonchev–Trinajstić information content (AvgIpc) is 2.72. The molecule has 0 aliphatic rings. The molecule has 7 heteroatoms. The molecule has 3 aromatic rings. The van der Waals surface area contributed by atoms with Crippen molar-refractivity contribution in [3.05, 3.63) is 89.0 Å². The van der Waals surface area contributed by atoms with Crippen LogP contribution in [0.5, 0.6) is 11.5 Å². The normalized spacial score (nSPS) is 11.5. The first-order valence-electron chi connectivity index (χ1n) is 9.18. The molecule has 0 aliphatic carbocycles. The maximum atomic E-state index is 12.7. The van der Waals surface area contributed by atoms with Crippen molar-refractivity contribution < 1.29 is 22.6 Å². The van der Waals surface area contributed by atoms with Crippen LogP contribution in [-0.2, 0) is 12.8 Å². The van der Waals surface area contributed by atoms with Crippen molar-refractivity contribution in [2.75, 3.05) is 12.5 Å². The summed E-state index contributed by atoms with van der Waals surface area (Å²) >= 11 is 0. The summed E-state index contributed by atoms with van der Waals surface area (Å²) in [5, 5.41) is 4.12. The molecule has 0 unspecified atom stereocenters. The van der Waals surface area contributed by atoms with Crippen molar-refractivity contribution in [3.8, 4) is 11.5 Å². The molecule has 0 spiro atoms. The molecule has 0 aliphatic heterocycles. The second-order valence-electron chi connectivity index (χ2n) is 6.60. The highest BCUT2D eigenvalue weighted by Gasteiger charge is 2.29. The number of hydrogen-bond acceptors (Lipinski definition) is 4. The summed E-state index contributed by atoms with van der Waals surface area (Å²) in [4.78, 5) is 0. The topological polar surface area (TPSA) is 42.8 Å². The van der Waals surface area contributed by atoms with Crippen molar-refractivity contribution in [2.24, 2.45) is 5.10 Å². The maximum Gasteiger partial charge on any atom is 0.416 e. The van der Waals surface area contributed by atoms with Crippen molar-refractivity contribution >= 4 is 11.9 Å². The summed E-state index contributed by atoms with van der Waals surface area (Å²) in [7, 11) is 1.55. The quantitative estimate of drug-likeness (QED) is 0.378. The van der Waals surface area contributed by atoms with Gasteiger partial charge in [0.25, 0.3) is 0 Å². The van der Waals surface area contributed by atoms with Crippen LogP contribution in [0.2, 0.25) is 0 Å². The van der Waals surface area contributed by atoms with E-state index in [4.69, 9.17) is 9.47 Å². The Labute approximate surface area is 173 Å². The summed E-state index contributed by atoms with van der Waals surface area (Å²) in [5.41, 5.74) is 5.27. The van der Waals surface area contributed by atoms with Crippen LogP contribution < -0.4 is 14.9 Å². The van der Waals surface area contributed by atoms with Crippen LogP contribution in [0.1, 0.15) is 22.3 Å². The van der Waals surface area contributed by atoms with Gasteiger partial charge in [-0.3, -0.25) is 5.43 Å². The van der Waals surface area contributed by atoms with Crippen LogP contribution in [0.3, 0.4) is 0 Å². The number of para-hydroxylation sites is 1. The zero-order valence-electron chi connectivity index (χ0n) is 16.5. The Morgan fingerprint density at radius 2 is 1.73 bits per heavy atom. The van der Waals surface area contributed by atoms with Crippen molar-refractivity contribution in [1.82, 2.24) is 0 Å². The van der Waals surface area contributed by atoms with Gasteiger partial charge in [0, 0.05) is 5.56 Å². The molecule has 0 fully saturated rings. The van der Waals surface area contributed by atoms with E-state index < -0.39 is 11.7 Å². The largest absolute Gasteiger partial charge is 0.493 e. The molecule has 0 heterocycles. The van der Waals surface area contributed by atoms with Gasteiger partial charge < -0.3 is 9.47 Å². The molecule has 0 atom stereocenters. The number of methoxy groups -OCH3 is 1. The monoisotopic (exact) mass is 414 g/mol. The van der Waals surface area contributed by atoms with Gasteiger partial charge in [0.15, 0.2) is 11.5 Å². The lowest BCUT2D eigenvalue weighted by atomic mass is 10.1. The number of nitrogens with one attached hydrogen (secondary N) is 1. The first-order valence-corrected chi connectivity index (χ1v) is 9.18. The van der Waals surface area contributed by atoms with Crippen LogP contribution >= 0.6 is 0 Å². The fraction of sp³-hybridized carbons (Fsp3) is 0.174.